The third kappa shape index (κ3) is 1.49. The molecule has 0 radical (unpaired) electrons. The van der Waals surface area contributed by atoms with E-state index in [-0.39, 0.29) is 0 Å². The molecule has 68 valence electrons. The van der Waals surface area contributed by atoms with Crippen LogP contribution in [0.2, 0.25) is 0 Å². The summed E-state index contributed by atoms with van der Waals surface area (Å²) in [6.07, 6.45) is 1.83. The molecule has 0 saturated carbocycles. The fraction of sp³-hybridized carbons (Fsp3) is 0.286. The molecule has 2 heterocycles. The van der Waals surface area contributed by atoms with Crippen LogP contribution >= 0.6 is 15.9 Å². The van der Waals surface area contributed by atoms with E-state index in [2.05, 4.69) is 31.2 Å². The smallest absolute Gasteiger partial charge is 0.269 e. The largest absolute Gasteiger partial charge is 0.420 e. The van der Waals surface area contributed by atoms with Gasteiger partial charge in [0.15, 0.2) is 5.69 Å². The zero-order chi connectivity index (χ0) is 9.42. The summed E-state index contributed by atoms with van der Waals surface area (Å²) in [6.45, 7) is 1.74. The number of aryl methyl sites for hydroxylation is 2. The highest BCUT2D eigenvalue weighted by molar-refractivity contribution is 9.10. The van der Waals surface area contributed by atoms with Crippen LogP contribution in [-0.2, 0) is 7.05 Å². The van der Waals surface area contributed by atoms with Gasteiger partial charge >= 0.3 is 0 Å². The van der Waals surface area contributed by atoms with Crippen molar-refractivity contribution in [3.8, 4) is 11.6 Å². The molecule has 0 aromatic carbocycles. The van der Waals surface area contributed by atoms with Gasteiger partial charge in [-0.15, -0.1) is 10.2 Å². The molecule has 0 fully saturated rings. The summed E-state index contributed by atoms with van der Waals surface area (Å²) in [6, 6.07) is 0. The van der Waals surface area contributed by atoms with Crippen LogP contribution < -0.4 is 0 Å². The van der Waals surface area contributed by atoms with Gasteiger partial charge in [-0.25, -0.2) is 0 Å². The Morgan fingerprint density at radius 1 is 1.46 bits per heavy atom. The molecule has 13 heavy (non-hydrogen) atoms. The van der Waals surface area contributed by atoms with Crippen LogP contribution in [0.25, 0.3) is 11.6 Å². The van der Waals surface area contributed by atoms with Crippen molar-refractivity contribution in [1.82, 2.24) is 20.0 Å². The van der Waals surface area contributed by atoms with Crippen molar-refractivity contribution < 1.29 is 4.42 Å². The van der Waals surface area contributed by atoms with Gasteiger partial charge in [0.05, 0.1) is 4.47 Å². The monoisotopic (exact) mass is 242 g/mol. The highest BCUT2D eigenvalue weighted by Crippen LogP contribution is 2.24. The molecule has 0 unspecified atom stereocenters. The molecule has 0 amide bonds. The molecule has 0 spiro atoms. The molecule has 6 heteroatoms. The van der Waals surface area contributed by atoms with Crippen molar-refractivity contribution in [2.24, 2.45) is 7.05 Å². The van der Waals surface area contributed by atoms with Gasteiger partial charge < -0.3 is 4.42 Å². The van der Waals surface area contributed by atoms with E-state index in [0.29, 0.717) is 17.5 Å². The molecule has 5 nitrogen and oxygen atoms in total. The lowest BCUT2D eigenvalue weighted by Gasteiger charge is -1.86. The maximum absolute atomic E-state index is 5.24. The van der Waals surface area contributed by atoms with E-state index in [9.17, 15) is 0 Å². The summed E-state index contributed by atoms with van der Waals surface area (Å²) in [5.41, 5.74) is 0.670. The van der Waals surface area contributed by atoms with Gasteiger partial charge in [0, 0.05) is 20.2 Å². The van der Waals surface area contributed by atoms with Gasteiger partial charge in [0.2, 0.25) is 5.89 Å². The van der Waals surface area contributed by atoms with Crippen LogP contribution in [0.3, 0.4) is 0 Å². The highest BCUT2D eigenvalue weighted by Gasteiger charge is 2.13. The minimum atomic E-state index is 0.435. The predicted molar refractivity (Wildman–Crippen MR) is 48.9 cm³/mol. The second kappa shape index (κ2) is 2.95. The highest BCUT2D eigenvalue weighted by atomic mass is 79.9. The number of nitrogens with zero attached hydrogens (tertiary/aromatic N) is 4. The lowest BCUT2D eigenvalue weighted by molar-refractivity contribution is 0.529. The third-order valence-corrected chi connectivity index (χ3v) is 2.09. The molecule has 0 atom stereocenters. The van der Waals surface area contributed by atoms with E-state index >= 15 is 0 Å². The first kappa shape index (κ1) is 8.43. The zero-order valence-electron chi connectivity index (χ0n) is 7.15. The molecule has 2 aromatic heterocycles. The summed E-state index contributed by atoms with van der Waals surface area (Å²) >= 11 is 3.35. The molecule has 2 rings (SSSR count). The quantitative estimate of drug-likeness (QED) is 0.762. The number of halogens is 1. The lowest BCUT2D eigenvalue weighted by atomic mass is 10.4. The second-order valence-electron chi connectivity index (χ2n) is 2.63. The number of rotatable bonds is 1. The van der Waals surface area contributed by atoms with E-state index < -0.39 is 0 Å². The standard InChI is InChI=1S/C7H7BrN4O/c1-4-9-10-7(13-4)6-5(8)3-12(2)11-6/h3H,1-2H3. The first-order chi connectivity index (χ1) is 6.16. The van der Waals surface area contributed by atoms with Crippen LogP contribution in [0, 0.1) is 6.92 Å². The average Bonchev–Trinajstić information content (AvgIpc) is 2.58. The van der Waals surface area contributed by atoms with Gasteiger partial charge in [-0.05, 0) is 15.9 Å². The Morgan fingerprint density at radius 3 is 2.69 bits per heavy atom. The maximum Gasteiger partial charge on any atom is 0.269 e. The van der Waals surface area contributed by atoms with Gasteiger partial charge in [-0.2, -0.15) is 5.10 Å². The first-order valence-corrected chi connectivity index (χ1v) is 4.46. The predicted octanol–water partition coefficient (Wildman–Crippen LogP) is 1.54. The second-order valence-corrected chi connectivity index (χ2v) is 3.48. The van der Waals surface area contributed by atoms with Crippen LogP contribution in [0.4, 0.5) is 0 Å². The Morgan fingerprint density at radius 2 is 2.23 bits per heavy atom. The molecule has 0 saturated heterocycles. The van der Waals surface area contributed by atoms with Gasteiger partial charge in [-0.1, -0.05) is 0 Å². The molecule has 0 aliphatic carbocycles. The Labute approximate surface area is 82.9 Å². The SMILES string of the molecule is Cc1nnc(-c2nn(C)cc2Br)o1. The number of hydrogen-bond acceptors (Lipinski definition) is 4. The third-order valence-electron chi connectivity index (χ3n) is 1.51. The fourth-order valence-electron chi connectivity index (χ4n) is 0.997. The Balaban J connectivity index is 2.51. The van der Waals surface area contributed by atoms with E-state index in [1.54, 1.807) is 11.6 Å². The maximum atomic E-state index is 5.24. The molecule has 0 aliphatic heterocycles. The topological polar surface area (TPSA) is 56.7 Å². The average molecular weight is 243 g/mol. The van der Waals surface area contributed by atoms with Crippen molar-refractivity contribution in [3.63, 3.8) is 0 Å². The fourth-order valence-corrected chi connectivity index (χ4v) is 1.54. The lowest BCUT2D eigenvalue weighted by Crippen LogP contribution is -1.87. The zero-order valence-corrected chi connectivity index (χ0v) is 8.74. The molecule has 0 bridgehead atoms. The first-order valence-electron chi connectivity index (χ1n) is 3.66. The molecular formula is C7H7BrN4O. The number of hydrogen-bond donors (Lipinski definition) is 0. The van der Waals surface area contributed by atoms with Crippen LogP contribution in [-0.4, -0.2) is 20.0 Å². The Bertz CT molecular complexity index is 433. The number of aromatic nitrogens is 4. The molecule has 2 aromatic rings. The summed E-state index contributed by atoms with van der Waals surface area (Å²) < 4.78 is 7.76. The molecule has 0 aliphatic rings. The Hall–Kier alpha value is -1.17. The van der Waals surface area contributed by atoms with Crippen molar-refractivity contribution in [3.05, 3.63) is 16.6 Å². The van der Waals surface area contributed by atoms with E-state index in [1.165, 1.54) is 0 Å². The van der Waals surface area contributed by atoms with Gasteiger partial charge in [0.25, 0.3) is 5.89 Å². The van der Waals surface area contributed by atoms with Crippen LogP contribution in [0.1, 0.15) is 5.89 Å². The summed E-state index contributed by atoms with van der Waals surface area (Å²) in [5.74, 6) is 0.970. The van der Waals surface area contributed by atoms with Crippen molar-refractivity contribution in [2.75, 3.05) is 0 Å². The van der Waals surface area contributed by atoms with E-state index in [0.717, 1.165) is 4.47 Å². The van der Waals surface area contributed by atoms with Gasteiger partial charge in [-0.3, -0.25) is 4.68 Å². The van der Waals surface area contributed by atoms with Gasteiger partial charge in [0.1, 0.15) is 0 Å². The summed E-state index contributed by atoms with van der Waals surface area (Å²) in [7, 11) is 1.83. The summed E-state index contributed by atoms with van der Waals surface area (Å²) in [4.78, 5) is 0. The van der Waals surface area contributed by atoms with E-state index in [4.69, 9.17) is 4.42 Å². The van der Waals surface area contributed by atoms with Crippen molar-refractivity contribution in [2.45, 2.75) is 6.92 Å². The normalized spacial score (nSPS) is 10.7. The Kier molecular flexibility index (Phi) is 1.91. The molecule has 0 N–H and O–H groups in total. The summed E-state index contributed by atoms with van der Waals surface area (Å²) in [5, 5.41) is 11.8. The van der Waals surface area contributed by atoms with Crippen LogP contribution in [0.15, 0.2) is 15.1 Å². The minimum absolute atomic E-state index is 0.435. The van der Waals surface area contributed by atoms with Crippen LogP contribution in [0.5, 0.6) is 0 Å². The minimum Gasteiger partial charge on any atom is -0.420 e. The van der Waals surface area contributed by atoms with Crippen molar-refractivity contribution >= 4 is 15.9 Å². The van der Waals surface area contributed by atoms with Crippen molar-refractivity contribution in [1.29, 1.82) is 0 Å². The van der Waals surface area contributed by atoms with E-state index in [1.807, 2.05) is 13.2 Å². The molecular weight excluding hydrogens is 236 g/mol.